The fourth-order valence-corrected chi connectivity index (χ4v) is 2.13. The van der Waals surface area contributed by atoms with Crippen LogP contribution in [0.5, 0.6) is 5.75 Å². The van der Waals surface area contributed by atoms with E-state index < -0.39 is 5.97 Å². The molecule has 2 rings (SSSR count). The molecule has 0 aromatic heterocycles. The maximum Gasteiger partial charge on any atom is 0.338 e. The maximum absolute atomic E-state index is 11.3. The Balaban J connectivity index is 2.21. The third-order valence-corrected chi connectivity index (χ3v) is 3.13. The normalized spacial score (nSPS) is 10.3. The molecule has 110 valence electrons. The standard InChI is InChI=1S/C16H17NO4/c17-13-6-3-5-12(15(13)16(19)20)10-21-14-7-2-1-4-11(14)8-9-18/h1-7,18H,8-10,17H2,(H,19,20). The molecule has 21 heavy (non-hydrogen) atoms. The Labute approximate surface area is 122 Å². The summed E-state index contributed by atoms with van der Waals surface area (Å²) in [4.78, 5) is 11.3. The molecular weight excluding hydrogens is 270 g/mol. The van der Waals surface area contributed by atoms with Gasteiger partial charge in [0.2, 0.25) is 0 Å². The number of nitrogens with two attached hydrogens (primary N) is 1. The highest BCUT2D eigenvalue weighted by Crippen LogP contribution is 2.22. The molecule has 0 aliphatic rings. The number of benzene rings is 2. The van der Waals surface area contributed by atoms with E-state index in [1.54, 1.807) is 24.3 Å². The highest BCUT2D eigenvalue weighted by atomic mass is 16.5. The Morgan fingerprint density at radius 2 is 1.81 bits per heavy atom. The average molecular weight is 287 g/mol. The topological polar surface area (TPSA) is 92.8 Å². The average Bonchev–Trinajstić information content (AvgIpc) is 2.46. The molecule has 0 saturated carbocycles. The molecule has 2 aromatic rings. The highest BCUT2D eigenvalue weighted by molar-refractivity contribution is 5.95. The van der Waals surface area contributed by atoms with Gasteiger partial charge in [0.1, 0.15) is 12.4 Å². The largest absolute Gasteiger partial charge is 0.489 e. The van der Waals surface area contributed by atoms with Gasteiger partial charge in [-0.2, -0.15) is 0 Å². The molecule has 0 bridgehead atoms. The second kappa shape index (κ2) is 6.76. The minimum absolute atomic E-state index is 0.0268. The van der Waals surface area contributed by atoms with Gasteiger partial charge in [0, 0.05) is 17.9 Å². The second-order valence-corrected chi connectivity index (χ2v) is 4.56. The molecule has 0 aliphatic heterocycles. The van der Waals surface area contributed by atoms with Crippen LogP contribution in [0.15, 0.2) is 42.5 Å². The van der Waals surface area contributed by atoms with E-state index in [9.17, 15) is 9.90 Å². The number of anilines is 1. The van der Waals surface area contributed by atoms with Crippen LogP contribution in [0.2, 0.25) is 0 Å². The fourth-order valence-electron chi connectivity index (χ4n) is 2.13. The van der Waals surface area contributed by atoms with Crippen molar-refractivity contribution in [3.05, 3.63) is 59.2 Å². The lowest BCUT2D eigenvalue weighted by atomic mass is 10.1. The number of carbonyl (C=O) groups is 1. The lowest BCUT2D eigenvalue weighted by Gasteiger charge is -2.13. The van der Waals surface area contributed by atoms with Crippen LogP contribution < -0.4 is 10.5 Å². The molecule has 2 aromatic carbocycles. The van der Waals surface area contributed by atoms with Gasteiger partial charge in [-0.15, -0.1) is 0 Å². The van der Waals surface area contributed by atoms with E-state index in [1.807, 2.05) is 18.2 Å². The van der Waals surface area contributed by atoms with E-state index in [4.69, 9.17) is 15.6 Å². The number of carboxylic acid groups (broad SMARTS) is 1. The SMILES string of the molecule is Nc1cccc(COc2ccccc2CCO)c1C(=O)O. The molecule has 0 heterocycles. The molecule has 4 N–H and O–H groups in total. The molecule has 0 fully saturated rings. The van der Waals surface area contributed by atoms with E-state index in [-0.39, 0.29) is 24.5 Å². The molecule has 0 saturated heterocycles. The first kappa shape index (κ1) is 14.9. The summed E-state index contributed by atoms with van der Waals surface area (Å²) >= 11 is 0. The summed E-state index contributed by atoms with van der Waals surface area (Å²) in [6, 6.07) is 12.3. The van der Waals surface area contributed by atoms with Crippen LogP contribution in [0.1, 0.15) is 21.5 Å². The van der Waals surface area contributed by atoms with Crippen LogP contribution in [0.25, 0.3) is 0 Å². The lowest BCUT2D eigenvalue weighted by molar-refractivity contribution is 0.0695. The summed E-state index contributed by atoms with van der Waals surface area (Å²) < 4.78 is 5.69. The van der Waals surface area contributed by atoms with Gasteiger partial charge < -0.3 is 20.7 Å². The molecule has 5 nitrogen and oxygen atoms in total. The number of aliphatic hydroxyl groups is 1. The fraction of sp³-hybridized carbons (Fsp3) is 0.188. The van der Waals surface area contributed by atoms with Crippen LogP contribution in [0, 0.1) is 0 Å². The van der Waals surface area contributed by atoms with Gasteiger partial charge in [-0.3, -0.25) is 0 Å². The van der Waals surface area contributed by atoms with Gasteiger partial charge in [0.25, 0.3) is 0 Å². The number of rotatable bonds is 6. The van der Waals surface area contributed by atoms with Gasteiger partial charge in [0.05, 0.1) is 5.56 Å². The van der Waals surface area contributed by atoms with Crippen molar-refractivity contribution in [2.45, 2.75) is 13.0 Å². The van der Waals surface area contributed by atoms with Crippen molar-refractivity contribution in [1.29, 1.82) is 0 Å². The second-order valence-electron chi connectivity index (χ2n) is 4.56. The zero-order valence-electron chi connectivity index (χ0n) is 11.5. The molecule has 0 radical (unpaired) electrons. The Hall–Kier alpha value is -2.53. The summed E-state index contributed by atoms with van der Waals surface area (Å²) in [5.74, 6) is -0.444. The summed E-state index contributed by atoms with van der Waals surface area (Å²) in [6.07, 6.45) is 0.485. The number of nitrogen functional groups attached to an aromatic ring is 1. The third kappa shape index (κ3) is 3.52. The number of hydrogen-bond acceptors (Lipinski definition) is 4. The van der Waals surface area contributed by atoms with Gasteiger partial charge in [-0.1, -0.05) is 30.3 Å². The van der Waals surface area contributed by atoms with Gasteiger partial charge in [0.15, 0.2) is 0 Å². The number of carboxylic acids is 1. The van der Waals surface area contributed by atoms with Crippen molar-refractivity contribution < 1.29 is 19.7 Å². The number of para-hydroxylation sites is 1. The van der Waals surface area contributed by atoms with Crippen molar-refractivity contribution >= 4 is 11.7 Å². The van der Waals surface area contributed by atoms with Crippen molar-refractivity contribution in [3.8, 4) is 5.75 Å². The highest BCUT2D eigenvalue weighted by Gasteiger charge is 2.14. The lowest BCUT2D eigenvalue weighted by Crippen LogP contribution is -2.09. The molecule has 5 heteroatoms. The van der Waals surface area contributed by atoms with Crippen molar-refractivity contribution in [2.75, 3.05) is 12.3 Å². The molecule has 0 aliphatic carbocycles. The molecule has 0 amide bonds. The quantitative estimate of drug-likeness (QED) is 0.707. The minimum Gasteiger partial charge on any atom is -0.489 e. The monoisotopic (exact) mass is 287 g/mol. The number of ether oxygens (including phenoxy) is 1. The van der Waals surface area contributed by atoms with Crippen LogP contribution in [0.3, 0.4) is 0 Å². The number of aliphatic hydroxyl groups excluding tert-OH is 1. The Morgan fingerprint density at radius 3 is 2.52 bits per heavy atom. The van der Waals surface area contributed by atoms with Gasteiger partial charge in [-0.05, 0) is 24.1 Å². The molecule has 0 atom stereocenters. The molecule has 0 spiro atoms. The predicted octanol–water partition coefficient (Wildman–Crippen LogP) is 2.08. The van der Waals surface area contributed by atoms with Crippen LogP contribution >= 0.6 is 0 Å². The van der Waals surface area contributed by atoms with Crippen molar-refractivity contribution in [1.82, 2.24) is 0 Å². The van der Waals surface area contributed by atoms with Crippen LogP contribution in [0.4, 0.5) is 5.69 Å². The first-order valence-electron chi connectivity index (χ1n) is 6.55. The van der Waals surface area contributed by atoms with Crippen LogP contribution in [-0.4, -0.2) is 22.8 Å². The number of aromatic carboxylic acids is 1. The summed E-state index contributed by atoms with van der Waals surface area (Å²) in [5, 5.41) is 18.2. The minimum atomic E-state index is -1.07. The zero-order chi connectivity index (χ0) is 15.2. The zero-order valence-corrected chi connectivity index (χ0v) is 11.5. The molecular formula is C16H17NO4. The number of hydrogen-bond donors (Lipinski definition) is 3. The van der Waals surface area contributed by atoms with Gasteiger partial charge in [-0.25, -0.2) is 4.79 Å². The summed E-state index contributed by atoms with van der Waals surface area (Å²) in [6.45, 7) is 0.133. The van der Waals surface area contributed by atoms with E-state index in [0.29, 0.717) is 17.7 Å². The summed E-state index contributed by atoms with van der Waals surface area (Å²) in [5.41, 5.74) is 7.37. The first-order valence-corrected chi connectivity index (χ1v) is 6.55. The third-order valence-electron chi connectivity index (χ3n) is 3.13. The van der Waals surface area contributed by atoms with Crippen molar-refractivity contribution in [2.24, 2.45) is 0 Å². The predicted molar refractivity (Wildman–Crippen MR) is 79.4 cm³/mol. The van der Waals surface area contributed by atoms with Gasteiger partial charge >= 0.3 is 5.97 Å². The maximum atomic E-state index is 11.3. The van der Waals surface area contributed by atoms with E-state index in [0.717, 1.165) is 5.56 Å². The van der Waals surface area contributed by atoms with E-state index in [2.05, 4.69) is 0 Å². The summed E-state index contributed by atoms with van der Waals surface area (Å²) in [7, 11) is 0. The Bertz CT molecular complexity index is 640. The smallest absolute Gasteiger partial charge is 0.338 e. The van der Waals surface area contributed by atoms with Crippen molar-refractivity contribution in [3.63, 3.8) is 0 Å². The Morgan fingerprint density at radius 1 is 1.10 bits per heavy atom. The van der Waals surface area contributed by atoms with E-state index >= 15 is 0 Å². The van der Waals surface area contributed by atoms with E-state index in [1.165, 1.54) is 0 Å². The Kier molecular flexibility index (Phi) is 4.79. The first-order chi connectivity index (χ1) is 10.1. The molecule has 0 unspecified atom stereocenters. The van der Waals surface area contributed by atoms with Crippen LogP contribution in [-0.2, 0) is 13.0 Å².